The topological polar surface area (TPSA) is 140 Å². The summed E-state index contributed by atoms with van der Waals surface area (Å²) in [7, 11) is -3.47. The van der Waals surface area contributed by atoms with Crippen molar-refractivity contribution in [2.45, 2.75) is 44.1 Å². The molecule has 1 amide bonds. The summed E-state index contributed by atoms with van der Waals surface area (Å²) in [5.74, 6) is 0.439. The van der Waals surface area contributed by atoms with Crippen LogP contribution >= 0.6 is 11.3 Å². The van der Waals surface area contributed by atoms with Gasteiger partial charge in [-0.25, -0.2) is 28.2 Å². The zero-order valence-electron chi connectivity index (χ0n) is 23.8. The lowest BCUT2D eigenvalue weighted by molar-refractivity contribution is 0.0191. The Morgan fingerprint density at radius 1 is 1.07 bits per heavy atom. The standard InChI is InChI=1S/C30H34N6O4S2/c1-30(2,3)40-29(37)36-14-12-21(13-15-36)19-42(38,39)24-9-7-23(8-10-24)34-28-32-17-22(18-33-28)5-4-20-6-11-25-26(16-20)41-27(31)35-25/h4-11,16-18,21H,12-15,19H2,1-3H3,(H2,31,35)(H,32,33,34)/b5-4+. The first kappa shape index (κ1) is 29.5. The average Bonchev–Trinajstić information content (AvgIpc) is 3.31. The number of rotatable bonds is 7. The molecule has 2 aromatic carbocycles. The Labute approximate surface area is 249 Å². The Morgan fingerprint density at radius 2 is 1.74 bits per heavy atom. The Bertz CT molecular complexity index is 1690. The van der Waals surface area contributed by atoms with E-state index in [1.54, 1.807) is 41.6 Å². The van der Waals surface area contributed by atoms with Gasteiger partial charge >= 0.3 is 6.09 Å². The van der Waals surface area contributed by atoms with E-state index >= 15 is 0 Å². The van der Waals surface area contributed by atoms with Gasteiger partial charge in [0.1, 0.15) is 5.60 Å². The lowest BCUT2D eigenvalue weighted by atomic mass is 9.99. The van der Waals surface area contributed by atoms with Crippen molar-refractivity contribution >= 4 is 66.4 Å². The van der Waals surface area contributed by atoms with E-state index in [0.29, 0.717) is 42.7 Å². The Balaban J connectivity index is 1.13. The van der Waals surface area contributed by atoms with Crippen LogP contribution < -0.4 is 11.1 Å². The number of likely N-dealkylation sites (tertiary alicyclic amines) is 1. The second kappa shape index (κ2) is 12.1. The van der Waals surface area contributed by atoms with Gasteiger partial charge in [0.15, 0.2) is 15.0 Å². The molecule has 2 aromatic heterocycles. The SMILES string of the molecule is CC(C)(C)OC(=O)N1CCC(CS(=O)(=O)c2ccc(Nc3ncc(/C=C/c4ccc5nc(N)sc5c4)cn3)cc2)CC1. The Kier molecular flexibility index (Phi) is 8.46. The zero-order valence-corrected chi connectivity index (χ0v) is 25.4. The maximum atomic E-state index is 13.1. The van der Waals surface area contributed by atoms with Gasteiger partial charge in [-0.15, -0.1) is 0 Å². The average molecular weight is 607 g/mol. The van der Waals surface area contributed by atoms with E-state index in [-0.39, 0.29) is 22.7 Å². The third-order valence-electron chi connectivity index (χ3n) is 6.76. The van der Waals surface area contributed by atoms with Gasteiger partial charge in [0.25, 0.3) is 0 Å². The monoisotopic (exact) mass is 606 g/mol. The number of anilines is 3. The number of sulfone groups is 1. The van der Waals surface area contributed by atoms with Crippen LogP contribution in [-0.4, -0.2) is 58.8 Å². The molecule has 0 unspecified atom stereocenters. The molecule has 3 heterocycles. The van der Waals surface area contributed by atoms with Crippen molar-refractivity contribution in [2.24, 2.45) is 5.92 Å². The number of carbonyl (C=O) groups excluding carboxylic acids is 1. The van der Waals surface area contributed by atoms with Gasteiger partial charge in [-0.3, -0.25) is 0 Å². The summed E-state index contributed by atoms with van der Waals surface area (Å²) in [4.78, 5) is 27.2. The summed E-state index contributed by atoms with van der Waals surface area (Å²) in [6, 6.07) is 12.6. The van der Waals surface area contributed by atoms with Crippen LogP contribution in [0.25, 0.3) is 22.4 Å². The van der Waals surface area contributed by atoms with Gasteiger partial charge in [0.05, 0.1) is 20.9 Å². The van der Waals surface area contributed by atoms with Gasteiger partial charge in [-0.2, -0.15) is 0 Å². The number of fused-ring (bicyclic) bond motifs is 1. The van der Waals surface area contributed by atoms with Gasteiger partial charge in [-0.05, 0) is 81.5 Å². The number of nitrogens with zero attached hydrogens (tertiary/aromatic N) is 4. The summed E-state index contributed by atoms with van der Waals surface area (Å²) in [6.07, 6.45) is 8.22. The summed E-state index contributed by atoms with van der Waals surface area (Å²) in [5.41, 5.74) is 8.66. The van der Waals surface area contributed by atoms with Gasteiger partial charge < -0.3 is 20.7 Å². The first-order valence-electron chi connectivity index (χ1n) is 13.7. The molecule has 12 heteroatoms. The minimum atomic E-state index is -3.47. The number of thiazole rings is 1. The molecule has 4 aromatic rings. The quantitative estimate of drug-likeness (QED) is 0.259. The van der Waals surface area contributed by atoms with Crippen LogP contribution in [0.1, 0.15) is 44.7 Å². The smallest absolute Gasteiger partial charge is 0.410 e. The molecule has 0 aliphatic carbocycles. The molecule has 3 N–H and O–H groups in total. The number of nitrogens with two attached hydrogens (primary N) is 1. The summed E-state index contributed by atoms with van der Waals surface area (Å²) < 4.78 is 32.6. The third-order valence-corrected chi connectivity index (χ3v) is 9.51. The van der Waals surface area contributed by atoms with Crippen molar-refractivity contribution in [1.82, 2.24) is 19.9 Å². The molecule has 0 spiro atoms. The first-order chi connectivity index (χ1) is 19.9. The van der Waals surface area contributed by atoms with E-state index in [4.69, 9.17) is 10.5 Å². The van der Waals surface area contributed by atoms with Crippen molar-refractivity contribution in [3.8, 4) is 0 Å². The third kappa shape index (κ3) is 7.62. The lowest BCUT2D eigenvalue weighted by Gasteiger charge is -2.33. The highest BCUT2D eigenvalue weighted by molar-refractivity contribution is 7.91. The highest BCUT2D eigenvalue weighted by Gasteiger charge is 2.29. The molecule has 10 nitrogen and oxygen atoms in total. The number of nitrogens with one attached hydrogen (secondary N) is 1. The van der Waals surface area contributed by atoms with Crippen molar-refractivity contribution < 1.29 is 17.9 Å². The van der Waals surface area contributed by atoms with E-state index in [9.17, 15) is 13.2 Å². The fraction of sp³-hybridized carbons (Fsp3) is 0.333. The molecule has 0 atom stereocenters. The molecule has 42 heavy (non-hydrogen) atoms. The number of piperidine rings is 1. The molecule has 1 aliphatic heterocycles. The van der Waals surface area contributed by atoms with Crippen molar-refractivity contribution in [2.75, 3.05) is 29.9 Å². The number of ether oxygens (including phenoxy) is 1. The highest BCUT2D eigenvalue weighted by Crippen LogP contribution is 2.27. The van der Waals surface area contributed by atoms with E-state index in [1.165, 1.54) is 11.3 Å². The predicted molar refractivity (Wildman–Crippen MR) is 167 cm³/mol. The second-order valence-electron chi connectivity index (χ2n) is 11.3. The molecule has 1 saturated heterocycles. The minimum Gasteiger partial charge on any atom is -0.444 e. The van der Waals surface area contributed by atoms with Crippen LogP contribution in [0.3, 0.4) is 0 Å². The molecule has 1 aliphatic rings. The second-order valence-corrected chi connectivity index (χ2v) is 14.4. The maximum absolute atomic E-state index is 13.1. The van der Waals surface area contributed by atoms with E-state index in [0.717, 1.165) is 21.3 Å². The van der Waals surface area contributed by atoms with Crippen molar-refractivity contribution in [1.29, 1.82) is 0 Å². The molecule has 1 fully saturated rings. The van der Waals surface area contributed by atoms with Crippen molar-refractivity contribution in [3.63, 3.8) is 0 Å². The molecule has 0 bridgehead atoms. The lowest BCUT2D eigenvalue weighted by Crippen LogP contribution is -2.42. The zero-order chi connectivity index (χ0) is 29.9. The van der Waals surface area contributed by atoms with Gasteiger partial charge in [0.2, 0.25) is 5.95 Å². The number of amides is 1. The van der Waals surface area contributed by atoms with Crippen LogP contribution in [0.5, 0.6) is 0 Å². The fourth-order valence-corrected chi connectivity index (χ4v) is 7.11. The number of hydrogen-bond acceptors (Lipinski definition) is 10. The van der Waals surface area contributed by atoms with E-state index in [2.05, 4.69) is 20.3 Å². The normalized spacial score (nSPS) is 14.9. The Morgan fingerprint density at radius 3 is 2.40 bits per heavy atom. The number of nitrogen functional groups attached to an aromatic ring is 1. The van der Waals surface area contributed by atoms with Crippen LogP contribution in [0, 0.1) is 5.92 Å². The number of hydrogen-bond donors (Lipinski definition) is 2. The van der Waals surface area contributed by atoms with Crippen molar-refractivity contribution in [3.05, 3.63) is 66.0 Å². The Hall–Kier alpha value is -4.03. The number of carbonyl (C=O) groups is 1. The largest absolute Gasteiger partial charge is 0.444 e. The fourth-order valence-electron chi connectivity index (χ4n) is 4.63. The van der Waals surface area contributed by atoms with Crippen LogP contribution in [0.15, 0.2) is 59.8 Å². The van der Waals surface area contributed by atoms with E-state index in [1.807, 2.05) is 51.1 Å². The summed E-state index contributed by atoms with van der Waals surface area (Å²) >= 11 is 1.45. The van der Waals surface area contributed by atoms with Gasteiger partial charge in [-0.1, -0.05) is 29.6 Å². The molecule has 5 rings (SSSR count). The first-order valence-corrected chi connectivity index (χ1v) is 16.1. The highest BCUT2D eigenvalue weighted by atomic mass is 32.2. The van der Waals surface area contributed by atoms with E-state index < -0.39 is 15.4 Å². The van der Waals surface area contributed by atoms with Gasteiger partial charge in [0, 0.05) is 36.7 Å². The molecular formula is C30H34N6O4S2. The molecule has 0 radical (unpaired) electrons. The molecular weight excluding hydrogens is 573 g/mol. The molecule has 220 valence electrons. The van der Waals surface area contributed by atoms with Crippen LogP contribution in [-0.2, 0) is 14.6 Å². The maximum Gasteiger partial charge on any atom is 0.410 e. The predicted octanol–water partition coefficient (Wildman–Crippen LogP) is 6.00. The summed E-state index contributed by atoms with van der Waals surface area (Å²) in [6.45, 7) is 6.47. The minimum absolute atomic E-state index is 0.0122. The number of aromatic nitrogens is 3. The summed E-state index contributed by atoms with van der Waals surface area (Å²) in [5, 5.41) is 3.66. The molecule has 0 saturated carbocycles. The van der Waals surface area contributed by atoms with Crippen LogP contribution in [0.2, 0.25) is 0 Å². The van der Waals surface area contributed by atoms with Crippen LogP contribution in [0.4, 0.5) is 21.6 Å². The number of benzene rings is 2.